The Balaban J connectivity index is 1.62. The number of aliphatic hydroxyl groups excluding tert-OH is 1. The Kier molecular flexibility index (Phi) is 6.26. The highest BCUT2D eigenvalue weighted by Gasteiger charge is 2.42. The molecule has 3 N–H and O–H groups in total. The number of aliphatic hydroxyl groups is 2. The van der Waals surface area contributed by atoms with Crippen LogP contribution in [0.4, 0.5) is 13.2 Å². The Morgan fingerprint density at radius 2 is 1.90 bits per heavy atom. The van der Waals surface area contributed by atoms with E-state index >= 15 is 0 Å². The summed E-state index contributed by atoms with van der Waals surface area (Å²) in [5.74, 6) is -0.242. The molecular weight excluding hydrogens is 385 g/mol. The molecule has 1 aliphatic heterocycles. The average Bonchev–Trinajstić information content (AvgIpc) is 2.70. The smallest absolute Gasteiger partial charge is 0.390 e. The van der Waals surface area contributed by atoms with Crippen LogP contribution in [-0.4, -0.2) is 52.4 Å². The minimum atomic E-state index is -4.42. The van der Waals surface area contributed by atoms with Crippen molar-refractivity contribution in [1.29, 1.82) is 0 Å². The van der Waals surface area contributed by atoms with Crippen LogP contribution in [0, 0.1) is 0 Å². The highest BCUT2D eigenvalue weighted by atomic mass is 19.4. The first-order chi connectivity index (χ1) is 13.7. The Morgan fingerprint density at radius 1 is 1.17 bits per heavy atom. The lowest BCUT2D eigenvalue weighted by Gasteiger charge is -2.42. The van der Waals surface area contributed by atoms with E-state index in [4.69, 9.17) is 0 Å². The molecule has 0 aromatic heterocycles. The van der Waals surface area contributed by atoms with E-state index < -0.39 is 23.4 Å². The molecule has 0 spiro atoms. The topological polar surface area (TPSA) is 72.8 Å². The number of nitrogens with one attached hydrogen (secondary N) is 1. The molecule has 1 saturated heterocycles. The van der Waals surface area contributed by atoms with Crippen LogP contribution in [0.1, 0.15) is 27.9 Å². The summed E-state index contributed by atoms with van der Waals surface area (Å²) < 4.78 is 38.5. The number of nitrogens with zero attached hydrogens (tertiary/aromatic N) is 1. The molecular formula is C21H23F3N2O3. The van der Waals surface area contributed by atoms with Gasteiger partial charge in [0.15, 0.2) is 0 Å². The van der Waals surface area contributed by atoms with Gasteiger partial charge in [-0.3, -0.25) is 4.79 Å². The number of benzene rings is 2. The monoisotopic (exact) mass is 408 g/mol. The summed E-state index contributed by atoms with van der Waals surface area (Å²) >= 11 is 0. The van der Waals surface area contributed by atoms with Crippen molar-refractivity contribution in [2.45, 2.75) is 30.8 Å². The number of hydrogen-bond acceptors (Lipinski definition) is 4. The number of β-amino-alcohol motifs (C(OH)–C–C–N with tert-alkyl or cyclic N) is 1. The maximum Gasteiger partial charge on any atom is 0.416 e. The number of hydrogen-bond donors (Lipinski definition) is 3. The zero-order valence-corrected chi connectivity index (χ0v) is 15.7. The number of carbonyl (C=O) groups excluding carboxylic acids is 1. The van der Waals surface area contributed by atoms with Crippen LogP contribution in [0.15, 0.2) is 54.6 Å². The van der Waals surface area contributed by atoms with Crippen molar-refractivity contribution in [2.24, 2.45) is 0 Å². The molecule has 3 rings (SSSR count). The standard InChI is InChI=1S/C21H23F3N2O3/c22-21(23,24)17-8-4-5-15(11-17)12-25-13-20(29)14-26(10-9-18(20)27)19(28)16-6-2-1-3-7-16/h1-8,11,18,25,27,29H,9-10,12-14H2/t18-,20+/m0/s1. The summed E-state index contributed by atoms with van der Waals surface area (Å²) in [6, 6.07) is 13.6. The molecule has 1 heterocycles. The summed E-state index contributed by atoms with van der Waals surface area (Å²) in [6.07, 6.45) is -5.26. The molecule has 0 unspecified atom stereocenters. The molecule has 8 heteroatoms. The van der Waals surface area contributed by atoms with Crippen molar-refractivity contribution < 1.29 is 28.2 Å². The van der Waals surface area contributed by atoms with Crippen molar-refractivity contribution in [3.63, 3.8) is 0 Å². The summed E-state index contributed by atoms with van der Waals surface area (Å²) in [5, 5.41) is 24.1. The quantitative estimate of drug-likeness (QED) is 0.711. The normalized spacial score (nSPS) is 22.5. The van der Waals surface area contributed by atoms with Crippen LogP contribution < -0.4 is 5.32 Å². The van der Waals surface area contributed by atoms with Gasteiger partial charge in [0.25, 0.3) is 5.91 Å². The Morgan fingerprint density at radius 3 is 2.59 bits per heavy atom. The van der Waals surface area contributed by atoms with Crippen LogP contribution in [0.2, 0.25) is 0 Å². The molecule has 0 bridgehead atoms. The summed E-state index contributed by atoms with van der Waals surface area (Å²) in [4.78, 5) is 14.1. The van der Waals surface area contributed by atoms with Crippen molar-refractivity contribution >= 4 is 5.91 Å². The van der Waals surface area contributed by atoms with Gasteiger partial charge in [-0.05, 0) is 30.2 Å². The lowest BCUT2D eigenvalue weighted by molar-refractivity contribution is -0.137. The summed E-state index contributed by atoms with van der Waals surface area (Å²) in [6.45, 7) is 0.261. The predicted octanol–water partition coefficient (Wildman–Crippen LogP) is 2.43. The van der Waals surface area contributed by atoms with E-state index in [2.05, 4.69) is 5.32 Å². The van der Waals surface area contributed by atoms with Crippen molar-refractivity contribution in [1.82, 2.24) is 10.2 Å². The van der Waals surface area contributed by atoms with Gasteiger partial charge in [-0.1, -0.05) is 36.4 Å². The van der Waals surface area contributed by atoms with Crippen LogP contribution >= 0.6 is 0 Å². The SMILES string of the molecule is O=C(c1ccccc1)N1CC[C@H](O)[C@@](O)(CNCc2cccc(C(F)(F)F)c2)C1. The third-order valence-electron chi connectivity index (χ3n) is 5.08. The van der Waals surface area contributed by atoms with Gasteiger partial charge >= 0.3 is 6.18 Å². The van der Waals surface area contributed by atoms with Gasteiger partial charge in [0.2, 0.25) is 0 Å². The van der Waals surface area contributed by atoms with Crippen LogP contribution in [0.5, 0.6) is 0 Å². The molecule has 1 fully saturated rings. The second-order valence-electron chi connectivity index (χ2n) is 7.30. The molecule has 29 heavy (non-hydrogen) atoms. The second kappa shape index (κ2) is 8.52. The van der Waals surface area contributed by atoms with Crippen LogP contribution in [0.3, 0.4) is 0 Å². The number of carbonyl (C=O) groups is 1. The van der Waals surface area contributed by atoms with Gasteiger partial charge in [-0.15, -0.1) is 0 Å². The molecule has 0 saturated carbocycles. The third-order valence-corrected chi connectivity index (χ3v) is 5.08. The van der Waals surface area contributed by atoms with Gasteiger partial charge in [-0.2, -0.15) is 13.2 Å². The lowest BCUT2D eigenvalue weighted by atomic mass is 9.89. The Bertz CT molecular complexity index is 845. The zero-order chi connectivity index (χ0) is 21.1. The maximum atomic E-state index is 12.8. The van der Waals surface area contributed by atoms with Crippen molar-refractivity contribution in [3.8, 4) is 0 Å². The fourth-order valence-electron chi connectivity index (χ4n) is 3.45. The molecule has 1 amide bonds. The van der Waals surface area contributed by atoms with E-state index in [0.29, 0.717) is 17.7 Å². The molecule has 2 atom stereocenters. The molecule has 0 radical (unpaired) electrons. The van der Waals surface area contributed by atoms with Gasteiger partial charge in [0, 0.05) is 25.2 Å². The highest BCUT2D eigenvalue weighted by molar-refractivity contribution is 5.94. The fourth-order valence-corrected chi connectivity index (χ4v) is 3.45. The first-order valence-corrected chi connectivity index (χ1v) is 9.31. The number of rotatable bonds is 5. The van der Waals surface area contributed by atoms with E-state index in [1.54, 1.807) is 36.4 Å². The van der Waals surface area contributed by atoms with Gasteiger partial charge < -0.3 is 20.4 Å². The minimum absolute atomic E-state index is 0.0665. The first kappa shape index (κ1) is 21.3. The average molecular weight is 408 g/mol. The Hall–Kier alpha value is -2.42. The Labute approximate surface area is 166 Å². The minimum Gasteiger partial charge on any atom is -0.390 e. The van der Waals surface area contributed by atoms with E-state index in [9.17, 15) is 28.2 Å². The van der Waals surface area contributed by atoms with Gasteiger partial charge in [-0.25, -0.2) is 0 Å². The van der Waals surface area contributed by atoms with Gasteiger partial charge in [0.05, 0.1) is 18.2 Å². The number of piperidine rings is 1. The molecule has 1 aliphatic rings. The second-order valence-corrected chi connectivity index (χ2v) is 7.30. The predicted molar refractivity (Wildman–Crippen MR) is 101 cm³/mol. The molecule has 2 aromatic carbocycles. The largest absolute Gasteiger partial charge is 0.416 e. The van der Waals surface area contributed by atoms with Crippen molar-refractivity contribution in [3.05, 3.63) is 71.3 Å². The number of alkyl halides is 3. The zero-order valence-electron chi connectivity index (χ0n) is 15.7. The maximum absolute atomic E-state index is 12.8. The first-order valence-electron chi connectivity index (χ1n) is 9.31. The number of amides is 1. The van der Waals surface area contributed by atoms with Gasteiger partial charge in [0.1, 0.15) is 5.60 Å². The van der Waals surface area contributed by atoms with E-state index in [0.717, 1.165) is 12.1 Å². The number of likely N-dealkylation sites (tertiary alicyclic amines) is 1. The fraction of sp³-hybridized carbons (Fsp3) is 0.381. The molecule has 156 valence electrons. The summed E-state index contributed by atoms with van der Waals surface area (Å²) in [7, 11) is 0. The van der Waals surface area contributed by atoms with E-state index in [1.807, 2.05) is 0 Å². The summed E-state index contributed by atoms with van der Waals surface area (Å²) in [5.41, 5.74) is -1.44. The molecule has 0 aliphatic carbocycles. The highest BCUT2D eigenvalue weighted by Crippen LogP contribution is 2.29. The van der Waals surface area contributed by atoms with Crippen LogP contribution in [-0.2, 0) is 12.7 Å². The lowest BCUT2D eigenvalue weighted by Crippen LogP contribution is -2.62. The van der Waals surface area contributed by atoms with E-state index in [1.165, 1.54) is 11.0 Å². The molecule has 2 aromatic rings. The molecule has 5 nitrogen and oxygen atoms in total. The third kappa shape index (κ3) is 5.14. The van der Waals surface area contributed by atoms with Crippen molar-refractivity contribution in [2.75, 3.05) is 19.6 Å². The van der Waals surface area contributed by atoms with Crippen LogP contribution in [0.25, 0.3) is 0 Å². The number of halogens is 3. The van der Waals surface area contributed by atoms with E-state index in [-0.39, 0.29) is 32.0 Å².